The number of allylic oxidation sites excluding steroid dienone is 1. The lowest BCUT2D eigenvalue weighted by Crippen LogP contribution is -2.35. The Morgan fingerprint density at radius 2 is 1.81 bits per heavy atom. The van der Waals surface area contributed by atoms with E-state index in [2.05, 4.69) is 17.2 Å². The molecule has 6 rings (SSSR count). The van der Waals surface area contributed by atoms with Crippen LogP contribution in [-0.2, 0) is 13.0 Å². The summed E-state index contributed by atoms with van der Waals surface area (Å²) in [7, 11) is 0. The molecule has 0 amide bonds. The van der Waals surface area contributed by atoms with Gasteiger partial charge in [-0.2, -0.15) is 0 Å². The van der Waals surface area contributed by atoms with Crippen molar-refractivity contribution in [3.63, 3.8) is 0 Å². The molecule has 0 atom stereocenters. The number of benzene rings is 2. The zero-order valence-corrected chi connectivity index (χ0v) is 26.5. The van der Waals surface area contributed by atoms with Gasteiger partial charge in [0.2, 0.25) is 5.43 Å². The third kappa shape index (κ3) is 6.49. The number of rotatable bonds is 11. The second-order valence-corrected chi connectivity index (χ2v) is 12.1. The van der Waals surface area contributed by atoms with Gasteiger partial charge in [0.1, 0.15) is 17.2 Å². The molecule has 3 N–H and O–H groups in total. The molecular formula is C35H37FN6O5. The number of H-pyrrole nitrogens is 1. The van der Waals surface area contributed by atoms with E-state index in [0.29, 0.717) is 30.7 Å². The minimum atomic E-state index is -1.33. The van der Waals surface area contributed by atoms with Gasteiger partial charge in [-0.1, -0.05) is 13.0 Å². The number of aromatic carboxylic acids is 1. The van der Waals surface area contributed by atoms with Crippen LogP contribution in [0.15, 0.2) is 81.3 Å². The van der Waals surface area contributed by atoms with Crippen molar-refractivity contribution in [1.82, 2.24) is 19.0 Å². The largest absolute Gasteiger partial charge is 0.477 e. The number of pyridine rings is 1. The Labute approximate surface area is 269 Å². The van der Waals surface area contributed by atoms with Gasteiger partial charge < -0.3 is 24.8 Å². The Balaban J connectivity index is 1.10. The molecule has 2 aromatic carbocycles. The molecule has 1 aliphatic heterocycles. The number of carboxylic acids is 1. The third-order valence-corrected chi connectivity index (χ3v) is 8.80. The fourth-order valence-corrected chi connectivity index (χ4v) is 5.99. The van der Waals surface area contributed by atoms with Gasteiger partial charge >= 0.3 is 11.7 Å². The van der Waals surface area contributed by atoms with Gasteiger partial charge in [0.15, 0.2) is 0 Å². The number of hydrogen-bond acceptors (Lipinski definition) is 7. The van der Waals surface area contributed by atoms with E-state index in [1.807, 2.05) is 43.1 Å². The topological polar surface area (TPSA) is 133 Å². The first-order valence-corrected chi connectivity index (χ1v) is 15.8. The SMILES string of the molecule is CCc1cc(Nc2cc(=O)n(CCCCN3C=CN(c4cc5c(cc4F)c(=O)c(C(=O)O)cn5C4CC4)C=C3C)c(=O)[nH]2)ccc1C. The van der Waals surface area contributed by atoms with Gasteiger partial charge in [0, 0.05) is 66.8 Å². The Bertz CT molecular complexity index is 2090. The number of aryl methyl sites for hydroxylation is 2. The number of unbranched alkanes of at least 4 members (excludes halogenated alkanes) is 1. The van der Waals surface area contributed by atoms with E-state index in [-0.39, 0.29) is 34.8 Å². The molecule has 12 heteroatoms. The molecule has 0 radical (unpaired) electrons. The van der Waals surface area contributed by atoms with Crippen LogP contribution in [0.1, 0.15) is 67.1 Å². The summed E-state index contributed by atoms with van der Waals surface area (Å²) < 4.78 is 18.3. The molecule has 4 aromatic rings. The van der Waals surface area contributed by atoms with Crippen LogP contribution >= 0.6 is 0 Å². The molecule has 1 fully saturated rings. The van der Waals surface area contributed by atoms with E-state index in [9.17, 15) is 24.3 Å². The maximum Gasteiger partial charge on any atom is 0.341 e. The second kappa shape index (κ2) is 12.8. The van der Waals surface area contributed by atoms with Gasteiger partial charge in [-0.15, -0.1) is 0 Å². The number of carboxylic acid groups (broad SMARTS) is 1. The van der Waals surface area contributed by atoms with E-state index in [1.54, 1.807) is 27.9 Å². The number of nitrogens with one attached hydrogen (secondary N) is 2. The highest BCUT2D eigenvalue weighted by atomic mass is 19.1. The number of aromatic nitrogens is 3. The average Bonchev–Trinajstić information content (AvgIpc) is 3.87. The molecule has 0 saturated heterocycles. The lowest BCUT2D eigenvalue weighted by molar-refractivity contribution is 0.0695. The van der Waals surface area contributed by atoms with Gasteiger partial charge in [-0.25, -0.2) is 14.0 Å². The average molecular weight is 641 g/mol. The van der Waals surface area contributed by atoms with Crippen molar-refractivity contribution in [2.24, 2.45) is 0 Å². The van der Waals surface area contributed by atoms with Crippen molar-refractivity contribution in [3.8, 4) is 0 Å². The molecule has 244 valence electrons. The first-order valence-electron chi connectivity index (χ1n) is 15.8. The molecule has 2 aliphatic rings. The highest BCUT2D eigenvalue weighted by Gasteiger charge is 2.28. The Morgan fingerprint density at radius 1 is 1.04 bits per heavy atom. The summed E-state index contributed by atoms with van der Waals surface area (Å²) in [6.07, 6.45) is 10.6. The zero-order valence-electron chi connectivity index (χ0n) is 26.5. The van der Waals surface area contributed by atoms with Crippen LogP contribution in [0.25, 0.3) is 10.9 Å². The Morgan fingerprint density at radius 3 is 2.49 bits per heavy atom. The van der Waals surface area contributed by atoms with Crippen molar-refractivity contribution in [2.75, 3.05) is 16.8 Å². The number of anilines is 3. The van der Waals surface area contributed by atoms with E-state index in [0.717, 1.165) is 36.7 Å². The molecule has 0 spiro atoms. The number of nitrogens with zero attached hydrogens (tertiary/aromatic N) is 4. The number of fused-ring (bicyclic) bond motifs is 1. The molecule has 3 heterocycles. The van der Waals surface area contributed by atoms with Crippen molar-refractivity contribution < 1.29 is 14.3 Å². The number of halogens is 1. The maximum absolute atomic E-state index is 15.4. The molecule has 11 nitrogen and oxygen atoms in total. The van der Waals surface area contributed by atoms with Crippen LogP contribution in [0.5, 0.6) is 0 Å². The van der Waals surface area contributed by atoms with Crippen LogP contribution in [0.3, 0.4) is 0 Å². The summed E-state index contributed by atoms with van der Waals surface area (Å²) in [5, 5.41) is 12.7. The predicted molar refractivity (Wildman–Crippen MR) is 180 cm³/mol. The highest BCUT2D eigenvalue weighted by Crippen LogP contribution is 2.38. The molecule has 1 saturated carbocycles. The van der Waals surface area contributed by atoms with Crippen molar-refractivity contribution in [2.45, 2.75) is 65.5 Å². The van der Waals surface area contributed by atoms with Crippen LogP contribution in [0, 0.1) is 12.7 Å². The standard InChI is InChI=1S/C35H37FN6O5/c1-4-23-15-24(8-7-21(23)2)37-31-18-32(43)41(35(47)38-31)12-6-5-11-39-13-14-40(19-22(39)3)30-17-29-26(16-28(30)36)33(44)27(34(45)46)20-42(29)25-9-10-25/h7-8,13-20,25,37H,4-6,9-12H2,1-3H3,(H,38,47)(H,45,46). The number of hydrogen-bond donors (Lipinski definition) is 3. The summed E-state index contributed by atoms with van der Waals surface area (Å²) >= 11 is 0. The summed E-state index contributed by atoms with van der Waals surface area (Å²) in [6, 6.07) is 10.1. The van der Waals surface area contributed by atoms with Crippen LogP contribution in [0.4, 0.5) is 21.6 Å². The molecule has 47 heavy (non-hydrogen) atoms. The Hall–Kier alpha value is -5.39. The lowest BCUT2D eigenvalue weighted by atomic mass is 10.1. The fraction of sp³-hybridized carbons (Fsp3) is 0.314. The quantitative estimate of drug-likeness (QED) is 0.181. The van der Waals surface area contributed by atoms with Gasteiger partial charge in [0.25, 0.3) is 5.56 Å². The fourth-order valence-electron chi connectivity index (χ4n) is 5.99. The van der Waals surface area contributed by atoms with Crippen molar-refractivity contribution in [1.29, 1.82) is 0 Å². The predicted octanol–water partition coefficient (Wildman–Crippen LogP) is 5.57. The summed E-state index contributed by atoms with van der Waals surface area (Å²) in [5.74, 6) is -1.63. The minimum Gasteiger partial charge on any atom is -0.477 e. The smallest absolute Gasteiger partial charge is 0.341 e. The first kappa shape index (κ1) is 31.6. The Kier molecular flexibility index (Phi) is 8.59. The molecule has 0 bridgehead atoms. The van der Waals surface area contributed by atoms with Gasteiger partial charge in [0.05, 0.1) is 11.2 Å². The monoisotopic (exact) mass is 640 g/mol. The molecule has 1 aliphatic carbocycles. The number of carbonyl (C=O) groups is 1. The molecule has 0 unspecified atom stereocenters. The van der Waals surface area contributed by atoms with Crippen LogP contribution in [-0.4, -0.2) is 36.6 Å². The van der Waals surface area contributed by atoms with Gasteiger partial charge in [-0.05, 0) is 81.3 Å². The highest BCUT2D eigenvalue weighted by molar-refractivity contribution is 5.93. The van der Waals surface area contributed by atoms with E-state index >= 15 is 4.39 Å². The van der Waals surface area contributed by atoms with E-state index in [1.165, 1.54) is 28.0 Å². The summed E-state index contributed by atoms with van der Waals surface area (Å²) in [5.41, 5.74) is 2.83. The van der Waals surface area contributed by atoms with Crippen molar-refractivity contribution in [3.05, 3.63) is 120 Å². The van der Waals surface area contributed by atoms with E-state index in [4.69, 9.17) is 0 Å². The zero-order chi connectivity index (χ0) is 33.4. The number of aromatic amines is 1. The van der Waals surface area contributed by atoms with Crippen molar-refractivity contribution >= 4 is 34.1 Å². The molecular weight excluding hydrogens is 603 g/mol. The third-order valence-electron chi connectivity index (χ3n) is 8.80. The molecule has 2 aromatic heterocycles. The first-order chi connectivity index (χ1) is 22.5. The van der Waals surface area contributed by atoms with E-state index < -0.39 is 22.9 Å². The maximum atomic E-state index is 15.4. The second-order valence-electron chi connectivity index (χ2n) is 12.1. The summed E-state index contributed by atoms with van der Waals surface area (Å²) in [4.78, 5) is 56.4. The lowest BCUT2D eigenvalue weighted by Gasteiger charge is -2.30. The van der Waals surface area contributed by atoms with Gasteiger partial charge in [-0.3, -0.25) is 19.1 Å². The summed E-state index contributed by atoms with van der Waals surface area (Å²) in [6.45, 7) is 6.90. The minimum absolute atomic E-state index is 0.0436. The van der Waals surface area contributed by atoms with Crippen LogP contribution in [0.2, 0.25) is 0 Å². The van der Waals surface area contributed by atoms with Crippen LogP contribution < -0.4 is 26.9 Å². The normalized spacial score (nSPS) is 14.5.